The number of hydrogen-bond acceptors (Lipinski definition) is 2. The first-order valence-corrected chi connectivity index (χ1v) is 12.0. The SMILES string of the molecule is Cc1ccc(N(CN2[C@@H](c3ccccc3)CC[C@@H]2c2ccccc2)c2ccc(C)cc2)cc1. The molecule has 166 valence electrons. The van der Waals surface area contributed by atoms with Crippen molar-refractivity contribution in [2.45, 2.75) is 38.8 Å². The van der Waals surface area contributed by atoms with Crippen LogP contribution in [0, 0.1) is 13.8 Å². The standard InChI is InChI=1S/C31H32N2/c1-24-13-17-28(18-14-24)32(29-19-15-25(2)16-20-29)23-33-30(26-9-5-3-6-10-26)21-22-31(33)27-11-7-4-8-12-27/h3-20,30-31H,21-23H2,1-2H3/t30-,31-/m1/s1. The van der Waals surface area contributed by atoms with Crippen molar-refractivity contribution >= 4 is 11.4 Å². The highest BCUT2D eigenvalue weighted by molar-refractivity contribution is 5.63. The summed E-state index contributed by atoms with van der Waals surface area (Å²) in [6.45, 7) is 5.14. The molecule has 2 atom stereocenters. The molecule has 0 amide bonds. The van der Waals surface area contributed by atoms with Crippen LogP contribution in [-0.2, 0) is 0 Å². The molecule has 0 radical (unpaired) electrons. The molecule has 33 heavy (non-hydrogen) atoms. The van der Waals surface area contributed by atoms with Crippen molar-refractivity contribution in [1.82, 2.24) is 4.90 Å². The molecule has 1 saturated heterocycles. The number of aryl methyl sites for hydroxylation is 2. The highest BCUT2D eigenvalue weighted by Gasteiger charge is 2.36. The Balaban J connectivity index is 1.55. The van der Waals surface area contributed by atoms with E-state index in [1.54, 1.807) is 0 Å². The predicted octanol–water partition coefficient (Wildman–Crippen LogP) is 7.98. The number of rotatable bonds is 6. The van der Waals surface area contributed by atoms with Gasteiger partial charge < -0.3 is 4.90 Å². The van der Waals surface area contributed by atoms with E-state index in [0.717, 1.165) is 6.67 Å². The topological polar surface area (TPSA) is 6.48 Å². The van der Waals surface area contributed by atoms with Crippen molar-refractivity contribution in [3.05, 3.63) is 131 Å². The van der Waals surface area contributed by atoms with Crippen LogP contribution in [0.3, 0.4) is 0 Å². The van der Waals surface area contributed by atoms with E-state index in [0.29, 0.717) is 12.1 Å². The van der Waals surface area contributed by atoms with E-state index in [1.807, 2.05) is 0 Å². The molecule has 0 spiro atoms. The second kappa shape index (κ2) is 9.64. The molecule has 0 aliphatic carbocycles. The Kier molecular flexibility index (Phi) is 6.28. The highest BCUT2D eigenvalue weighted by atomic mass is 15.4. The van der Waals surface area contributed by atoms with E-state index in [1.165, 1.54) is 46.5 Å². The average molecular weight is 433 g/mol. The van der Waals surface area contributed by atoms with Gasteiger partial charge in [0.25, 0.3) is 0 Å². The van der Waals surface area contributed by atoms with E-state index >= 15 is 0 Å². The average Bonchev–Trinajstić information content (AvgIpc) is 3.28. The number of hydrogen-bond donors (Lipinski definition) is 0. The van der Waals surface area contributed by atoms with Crippen molar-refractivity contribution in [3.63, 3.8) is 0 Å². The van der Waals surface area contributed by atoms with E-state index in [4.69, 9.17) is 0 Å². The largest absolute Gasteiger partial charge is 0.328 e. The molecule has 1 fully saturated rings. The number of benzene rings is 4. The summed E-state index contributed by atoms with van der Waals surface area (Å²) in [7, 11) is 0. The van der Waals surface area contributed by atoms with Crippen LogP contribution < -0.4 is 4.90 Å². The van der Waals surface area contributed by atoms with Gasteiger partial charge in [-0.3, -0.25) is 4.90 Å². The second-order valence-electron chi connectivity index (χ2n) is 9.19. The van der Waals surface area contributed by atoms with E-state index in [2.05, 4.69) is 133 Å². The minimum Gasteiger partial charge on any atom is -0.328 e. The molecule has 1 aliphatic rings. The second-order valence-corrected chi connectivity index (χ2v) is 9.19. The van der Waals surface area contributed by atoms with Crippen LogP contribution in [-0.4, -0.2) is 11.6 Å². The third-order valence-corrected chi connectivity index (χ3v) is 6.88. The van der Waals surface area contributed by atoms with Gasteiger partial charge in [0, 0.05) is 23.5 Å². The summed E-state index contributed by atoms with van der Waals surface area (Å²) in [5.74, 6) is 0. The summed E-state index contributed by atoms with van der Waals surface area (Å²) in [6.07, 6.45) is 2.33. The molecule has 0 saturated carbocycles. The minimum atomic E-state index is 0.398. The quantitative estimate of drug-likeness (QED) is 0.305. The van der Waals surface area contributed by atoms with Gasteiger partial charge in [0.1, 0.15) is 0 Å². The maximum absolute atomic E-state index is 2.70. The fraction of sp³-hybridized carbons (Fsp3) is 0.226. The first-order valence-electron chi connectivity index (χ1n) is 12.0. The van der Waals surface area contributed by atoms with E-state index < -0.39 is 0 Å². The van der Waals surface area contributed by atoms with Gasteiger partial charge in [0.05, 0.1) is 6.67 Å². The van der Waals surface area contributed by atoms with E-state index in [-0.39, 0.29) is 0 Å². The summed E-state index contributed by atoms with van der Waals surface area (Å²) in [6, 6.07) is 40.7. The van der Waals surface area contributed by atoms with Crippen molar-refractivity contribution in [1.29, 1.82) is 0 Å². The Bertz CT molecular complexity index is 1060. The fourth-order valence-corrected chi connectivity index (χ4v) is 5.05. The lowest BCUT2D eigenvalue weighted by molar-refractivity contribution is 0.200. The van der Waals surface area contributed by atoms with Crippen molar-refractivity contribution < 1.29 is 0 Å². The number of likely N-dealkylation sites (tertiary alicyclic amines) is 1. The summed E-state index contributed by atoms with van der Waals surface area (Å²) in [5, 5.41) is 0. The van der Waals surface area contributed by atoms with Crippen molar-refractivity contribution in [2.24, 2.45) is 0 Å². The van der Waals surface area contributed by atoms with Crippen LogP contribution in [0.5, 0.6) is 0 Å². The molecular weight excluding hydrogens is 400 g/mol. The van der Waals surface area contributed by atoms with Crippen LogP contribution in [0.15, 0.2) is 109 Å². The Hall–Kier alpha value is -3.36. The Morgan fingerprint density at radius 3 is 1.36 bits per heavy atom. The van der Waals surface area contributed by atoms with Gasteiger partial charge >= 0.3 is 0 Å². The lowest BCUT2D eigenvalue weighted by Gasteiger charge is -2.37. The first kappa shape index (κ1) is 21.5. The van der Waals surface area contributed by atoms with Crippen LogP contribution in [0.1, 0.15) is 47.2 Å². The normalized spacial score (nSPS) is 18.4. The third-order valence-electron chi connectivity index (χ3n) is 6.88. The molecule has 2 nitrogen and oxygen atoms in total. The number of nitrogens with zero attached hydrogens (tertiary/aromatic N) is 2. The molecule has 0 unspecified atom stereocenters. The van der Waals surface area contributed by atoms with Gasteiger partial charge in [-0.2, -0.15) is 0 Å². The predicted molar refractivity (Wildman–Crippen MR) is 139 cm³/mol. The first-order chi connectivity index (χ1) is 16.2. The molecule has 4 aromatic rings. The molecule has 0 aromatic heterocycles. The third kappa shape index (κ3) is 4.72. The summed E-state index contributed by atoms with van der Waals surface area (Å²) in [5.41, 5.74) is 7.85. The lowest BCUT2D eigenvalue weighted by Crippen LogP contribution is -2.36. The smallest absolute Gasteiger partial charge is 0.0766 e. The molecular formula is C31H32N2. The van der Waals surface area contributed by atoms with Gasteiger partial charge in [-0.1, -0.05) is 96.1 Å². The van der Waals surface area contributed by atoms with Crippen LogP contribution in [0.2, 0.25) is 0 Å². The summed E-state index contributed by atoms with van der Waals surface area (Å²) < 4.78 is 0. The molecule has 1 aliphatic heterocycles. The highest BCUT2D eigenvalue weighted by Crippen LogP contribution is 2.45. The van der Waals surface area contributed by atoms with Crippen LogP contribution in [0.25, 0.3) is 0 Å². The van der Waals surface area contributed by atoms with Crippen molar-refractivity contribution in [2.75, 3.05) is 11.6 Å². The molecule has 1 heterocycles. The summed E-state index contributed by atoms with van der Waals surface area (Å²) in [4.78, 5) is 5.17. The Labute approximate surface area is 198 Å². The number of anilines is 2. The molecule has 2 heteroatoms. The van der Waals surface area contributed by atoms with E-state index in [9.17, 15) is 0 Å². The molecule has 5 rings (SSSR count). The minimum absolute atomic E-state index is 0.398. The zero-order valence-electron chi connectivity index (χ0n) is 19.6. The van der Waals surface area contributed by atoms with Gasteiger partial charge in [-0.05, 0) is 62.1 Å². The molecule has 0 N–H and O–H groups in total. The van der Waals surface area contributed by atoms with Crippen LogP contribution >= 0.6 is 0 Å². The zero-order chi connectivity index (χ0) is 22.6. The molecule has 0 bridgehead atoms. The monoisotopic (exact) mass is 432 g/mol. The lowest BCUT2D eigenvalue weighted by atomic mass is 10.0. The Morgan fingerprint density at radius 2 is 0.970 bits per heavy atom. The Morgan fingerprint density at radius 1 is 0.576 bits per heavy atom. The molecule has 4 aromatic carbocycles. The fourth-order valence-electron chi connectivity index (χ4n) is 5.05. The van der Waals surface area contributed by atoms with Crippen LogP contribution in [0.4, 0.5) is 11.4 Å². The zero-order valence-corrected chi connectivity index (χ0v) is 19.6. The van der Waals surface area contributed by atoms with Crippen molar-refractivity contribution in [3.8, 4) is 0 Å². The maximum atomic E-state index is 2.70. The van der Waals surface area contributed by atoms with Gasteiger partial charge in [0.2, 0.25) is 0 Å². The maximum Gasteiger partial charge on any atom is 0.0766 e. The summed E-state index contributed by atoms with van der Waals surface area (Å²) >= 11 is 0. The van der Waals surface area contributed by atoms with Gasteiger partial charge in [0.15, 0.2) is 0 Å². The van der Waals surface area contributed by atoms with Gasteiger partial charge in [-0.15, -0.1) is 0 Å². The van der Waals surface area contributed by atoms with Gasteiger partial charge in [-0.25, -0.2) is 0 Å².